The first-order chi connectivity index (χ1) is 8.29. The van der Waals surface area contributed by atoms with E-state index in [1.54, 1.807) is 12.4 Å². The minimum atomic E-state index is 0.395. The smallest absolute Gasteiger partial charge is 0.147 e. The first-order valence-corrected chi connectivity index (χ1v) is 6.75. The fourth-order valence-electron chi connectivity index (χ4n) is 2.47. The largest absolute Gasteiger partial charge is 0.372 e. The Morgan fingerprint density at radius 3 is 2.82 bits per heavy atom. The summed E-state index contributed by atoms with van der Waals surface area (Å²) in [6.45, 7) is 2.79. The number of ether oxygens (including phenoxy) is 1. The van der Waals surface area contributed by atoms with Gasteiger partial charge in [-0.15, -0.1) is 0 Å². The number of halogens is 1. The zero-order chi connectivity index (χ0) is 12.1. The zero-order valence-electron chi connectivity index (χ0n) is 10.2. The Labute approximate surface area is 108 Å². The number of hydrogen-bond acceptors (Lipinski definition) is 3. The molecule has 0 aliphatic heterocycles. The van der Waals surface area contributed by atoms with Crippen LogP contribution in [0.2, 0.25) is 5.15 Å². The zero-order valence-corrected chi connectivity index (χ0v) is 11.0. The molecule has 0 bridgehead atoms. The van der Waals surface area contributed by atoms with Crippen LogP contribution in [0, 0.1) is 5.92 Å². The van der Waals surface area contributed by atoms with Gasteiger partial charge in [-0.3, -0.25) is 4.98 Å². The Bertz CT molecular complexity index is 342. The van der Waals surface area contributed by atoms with Crippen molar-refractivity contribution < 1.29 is 4.74 Å². The fraction of sp³-hybridized carbons (Fsp3) is 0.692. The van der Waals surface area contributed by atoms with Crippen LogP contribution < -0.4 is 0 Å². The third kappa shape index (κ3) is 3.65. The van der Waals surface area contributed by atoms with Gasteiger partial charge in [0.2, 0.25) is 0 Å². The van der Waals surface area contributed by atoms with E-state index in [1.165, 1.54) is 32.1 Å². The van der Waals surface area contributed by atoms with E-state index >= 15 is 0 Å². The summed E-state index contributed by atoms with van der Waals surface area (Å²) in [5.74, 6) is 0.712. The molecule has 2 unspecified atom stereocenters. The maximum Gasteiger partial charge on any atom is 0.147 e. The molecular weight excluding hydrogens is 236 g/mol. The molecule has 1 saturated carbocycles. The summed E-state index contributed by atoms with van der Waals surface area (Å²) in [6.07, 6.45) is 9.97. The van der Waals surface area contributed by atoms with Gasteiger partial charge in [0.25, 0.3) is 0 Å². The number of nitrogens with zero attached hydrogens (tertiary/aromatic N) is 2. The SMILES string of the molecule is CCC1CCCCC1OCc1cnc(Cl)cn1. The van der Waals surface area contributed by atoms with Crippen molar-refractivity contribution >= 4 is 11.6 Å². The highest BCUT2D eigenvalue weighted by Gasteiger charge is 2.24. The summed E-state index contributed by atoms with van der Waals surface area (Å²) in [6, 6.07) is 0. The quantitative estimate of drug-likeness (QED) is 0.823. The van der Waals surface area contributed by atoms with Gasteiger partial charge in [0.05, 0.1) is 30.8 Å². The van der Waals surface area contributed by atoms with Crippen LogP contribution in [0.15, 0.2) is 12.4 Å². The second kappa shape index (κ2) is 6.31. The van der Waals surface area contributed by atoms with Gasteiger partial charge in [0.1, 0.15) is 5.15 Å². The van der Waals surface area contributed by atoms with Crippen molar-refractivity contribution in [2.75, 3.05) is 0 Å². The van der Waals surface area contributed by atoms with Crippen LogP contribution in [0.5, 0.6) is 0 Å². The van der Waals surface area contributed by atoms with Crippen LogP contribution in [0.1, 0.15) is 44.7 Å². The maximum atomic E-state index is 5.97. The van der Waals surface area contributed by atoms with Crippen LogP contribution in [-0.4, -0.2) is 16.1 Å². The highest BCUT2D eigenvalue weighted by molar-refractivity contribution is 6.29. The number of rotatable bonds is 4. The number of aromatic nitrogens is 2. The van der Waals surface area contributed by atoms with Gasteiger partial charge in [-0.2, -0.15) is 0 Å². The van der Waals surface area contributed by atoms with Gasteiger partial charge in [-0.05, 0) is 18.8 Å². The molecule has 1 aromatic heterocycles. The Hall–Kier alpha value is -0.670. The molecule has 17 heavy (non-hydrogen) atoms. The van der Waals surface area contributed by atoms with E-state index in [-0.39, 0.29) is 0 Å². The van der Waals surface area contributed by atoms with E-state index < -0.39 is 0 Å². The van der Waals surface area contributed by atoms with Crippen molar-refractivity contribution in [1.29, 1.82) is 0 Å². The van der Waals surface area contributed by atoms with Crippen LogP contribution in [0.4, 0.5) is 0 Å². The van der Waals surface area contributed by atoms with Gasteiger partial charge in [0, 0.05) is 0 Å². The van der Waals surface area contributed by atoms with E-state index in [0.29, 0.717) is 23.8 Å². The summed E-state index contributed by atoms with van der Waals surface area (Å²) in [7, 11) is 0. The Morgan fingerprint density at radius 1 is 1.29 bits per heavy atom. The summed E-state index contributed by atoms with van der Waals surface area (Å²) < 4.78 is 5.97. The van der Waals surface area contributed by atoms with E-state index in [1.807, 2.05) is 0 Å². The molecule has 0 radical (unpaired) electrons. The molecule has 0 N–H and O–H groups in total. The molecule has 1 aliphatic rings. The van der Waals surface area contributed by atoms with Crippen molar-refractivity contribution in [3.05, 3.63) is 23.2 Å². The molecule has 1 aliphatic carbocycles. The maximum absolute atomic E-state index is 5.97. The van der Waals surface area contributed by atoms with Crippen molar-refractivity contribution in [3.63, 3.8) is 0 Å². The van der Waals surface area contributed by atoms with Crippen molar-refractivity contribution in [2.45, 2.75) is 51.7 Å². The molecule has 0 spiro atoms. The van der Waals surface area contributed by atoms with Gasteiger partial charge >= 0.3 is 0 Å². The monoisotopic (exact) mass is 254 g/mol. The predicted octanol–water partition coefficient (Wildman–Crippen LogP) is 3.62. The van der Waals surface area contributed by atoms with Crippen molar-refractivity contribution in [1.82, 2.24) is 9.97 Å². The van der Waals surface area contributed by atoms with E-state index in [9.17, 15) is 0 Å². The highest BCUT2D eigenvalue weighted by Crippen LogP contribution is 2.29. The molecule has 4 heteroatoms. The summed E-state index contributed by atoms with van der Waals surface area (Å²) in [5.41, 5.74) is 0.856. The summed E-state index contributed by atoms with van der Waals surface area (Å²) in [4.78, 5) is 8.20. The van der Waals surface area contributed by atoms with Crippen molar-refractivity contribution in [3.8, 4) is 0 Å². The molecule has 1 fully saturated rings. The van der Waals surface area contributed by atoms with E-state index in [4.69, 9.17) is 16.3 Å². The molecule has 2 rings (SSSR count). The predicted molar refractivity (Wildman–Crippen MR) is 67.9 cm³/mol. The lowest BCUT2D eigenvalue weighted by Gasteiger charge is -2.30. The minimum absolute atomic E-state index is 0.395. The topological polar surface area (TPSA) is 35.0 Å². The molecule has 3 nitrogen and oxygen atoms in total. The Kier molecular flexibility index (Phi) is 4.75. The first kappa shape index (κ1) is 12.8. The van der Waals surface area contributed by atoms with Crippen molar-refractivity contribution in [2.24, 2.45) is 5.92 Å². The first-order valence-electron chi connectivity index (χ1n) is 6.37. The number of hydrogen-bond donors (Lipinski definition) is 0. The van der Waals surface area contributed by atoms with Gasteiger partial charge < -0.3 is 4.74 Å². The highest BCUT2D eigenvalue weighted by atomic mass is 35.5. The summed E-state index contributed by atoms with van der Waals surface area (Å²) in [5, 5.41) is 0.429. The fourth-order valence-corrected chi connectivity index (χ4v) is 2.56. The molecule has 1 aromatic rings. The Balaban J connectivity index is 1.86. The lowest BCUT2D eigenvalue weighted by Crippen LogP contribution is -2.27. The molecule has 0 aromatic carbocycles. The minimum Gasteiger partial charge on any atom is -0.372 e. The second-order valence-electron chi connectivity index (χ2n) is 4.63. The lowest BCUT2D eigenvalue weighted by atomic mass is 9.85. The standard InChI is InChI=1S/C13H19ClN2O/c1-2-10-5-3-4-6-12(10)17-9-11-7-16-13(14)8-15-11/h7-8,10,12H,2-6,9H2,1H3. The second-order valence-corrected chi connectivity index (χ2v) is 5.02. The third-order valence-corrected chi connectivity index (χ3v) is 3.68. The van der Waals surface area contributed by atoms with Crippen LogP contribution in [-0.2, 0) is 11.3 Å². The lowest BCUT2D eigenvalue weighted by molar-refractivity contribution is -0.0235. The molecule has 2 atom stereocenters. The Morgan fingerprint density at radius 2 is 2.12 bits per heavy atom. The average Bonchev–Trinajstić information content (AvgIpc) is 2.38. The molecule has 94 valence electrons. The van der Waals surface area contributed by atoms with Gasteiger partial charge in [0.15, 0.2) is 0 Å². The van der Waals surface area contributed by atoms with Gasteiger partial charge in [-0.25, -0.2) is 4.98 Å². The van der Waals surface area contributed by atoms with Crippen LogP contribution in [0.25, 0.3) is 0 Å². The normalized spacial score (nSPS) is 24.8. The molecular formula is C13H19ClN2O. The van der Waals surface area contributed by atoms with Crippen LogP contribution >= 0.6 is 11.6 Å². The van der Waals surface area contributed by atoms with E-state index in [0.717, 1.165) is 5.69 Å². The molecule has 1 heterocycles. The molecule has 0 amide bonds. The van der Waals surface area contributed by atoms with Crippen LogP contribution in [0.3, 0.4) is 0 Å². The van der Waals surface area contributed by atoms with E-state index in [2.05, 4.69) is 16.9 Å². The average molecular weight is 255 g/mol. The molecule has 0 saturated heterocycles. The third-order valence-electron chi connectivity index (χ3n) is 3.48. The van der Waals surface area contributed by atoms with Gasteiger partial charge in [-0.1, -0.05) is 37.8 Å². The summed E-state index contributed by atoms with van der Waals surface area (Å²) >= 11 is 5.69.